The van der Waals surface area contributed by atoms with Gasteiger partial charge in [0.25, 0.3) is 0 Å². The van der Waals surface area contributed by atoms with Gasteiger partial charge in [0.2, 0.25) is 0 Å². The molecule has 60 valence electrons. The molecule has 2 saturated carbocycles. The van der Waals surface area contributed by atoms with E-state index >= 15 is 0 Å². The Morgan fingerprint density at radius 1 is 1.45 bits per heavy atom. The molecule has 0 heterocycles. The van der Waals surface area contributed by atoms with Crippen LogP contribution in [0.2, 0.25) is 0 Å². The number of aliphatic hydroxyl groups excluding tert-OH is 1. The minimum atomic E-state index is -0.332. The smallest absolute Gasteiger partial charge is 0.0835 e. The number of nitriles is 1. The van der Waals surface area contributed by atoms with E-state index in [9.17, 15) is 5.11 Å². The number of aliphatic hydroxyl groups is 1. The van der Waals surface area contributed by atoms with E-state index in [0.29, 0.717) is 5.92 Å². The number of nitrogens with zero attached hydrogens (tertiary/aromatic N) is 1. The van der Waals surface area contributed by atoms with Crippen LogP contribution in [-0.2, 0) is 0 Å². The summed E-state index contributed by atoms with van der Waals surface area (Å²) in [5.74, 6) is 0.454. The summed E-state index contributed by atoms with van der Waals surface area (Å²) in [4.78, 5) is 0. The van der Waals surface area contributed by atoms with Crippen molar-refractivity contribution in [1.29, 1.82) is 5.26 Å². The van der Waals surface area contributed by atoms with Gasteiger partial charge in [0.05, 0.1) is 17.6 Å². The maximum atomic E-state index is 9.74. The van der Waals surface area contributed by atoms with Gasteiger partial charge in [-0.1, -0.05) is 6.42 Å². The van der Waals surface area contributed by atoms with Gasteiger partial charge in [-0.15, -0.1) is 0 Å². The molecule has 0 amide bonds. The van der Waals surface area contributed by atoms with E-state index in [1.54, 1.807) is 0 Å². The monoisotopic (exact) mass is 151 g/mol. The molecule has 0 spiro atoms. The van der Waals surface area contributed by atoms with Gasteiger partial charge in [0.15, 0.2) is 0 Å². The quantitative estimate of drug-likeness (QED) is 0.649. The molecule has 2 nitrogen and oxygen atoms in total. The molecule has 1 unspecified atom stereocenters. The summed E-state index contributed by atoms with van der Waals surface area (Å²) >= 11 is 0. The van der Waals surface area contributed by atoms with Crippen molar-refractivity contribution in [2.24, 2.45) is 11.3 Å². The molecule has 1 atom stereocenters. The first kappa shape index (κ1) is 7.12. The molecule has 0 aliphatic heterocycles. The molecule has 0 bridgehead atoms. The molecule has 0 aromatic carbocycles. The molecule has 0 aromatic rings. The molecule has 2 rings (SSSR count). The van der Waals surface area contributed by atoms with Crippen molar-refractivity contribution in [3.8, 4) is 6.07 Å². The average molecular weight is 151 g/mol. The van der Waals surface area contributed by atoms with E-state index in [1.807, 2.05) is 0 Å². The Morgan fingerprint density at radius 3 is 2.36 bits per heavy atom. The predicted octanol–water partition coefficient (Wildman–Crippen LogP) is 1.45. The fraction of sp³-hybridized carbons (Fsp3) is 0.889. The van der Waals surface area contributed by atoms with Gasteiger partial charge >= 0.3 is 0 Å². The fourth-order valence-electron chi connectivity index (χ4n) is 1.89. The van der Waals surface area contributed by atoms with Gasteiger partial charge in [-0.25, -0.2) is 0 Å². The Kier molecular flexibility index (Phi) is 1.43. The normalized spacial score (nSPS) is 30.2. The highest BCUT2D eigenvalue weighted by Gasteiger charge is 2.49. The first-order chi connectivity index (χ1) is 5.28. The SMILES string of the molecule is N#CC1(C(O)C2CC2)CCC1. The Morgan fingerprint density at radius 2 is 2.09 bits per heavy atom. The molecule has 0 saturated heterocycles. The van der Waals surface area contributed by atoms with Crippen LogP contribution in [0.4, 0.5) is 0 Å². The number of hydrogen-bond acceptors (Lipinski definition) is 2. The Hall–Kier alpha value is -0.550. The van der Waals surface area contributed by atoms with Gasteiger partial charge in [0.1, 0.15) is 0 Å². The van der Waals surface area contributed by atoms with E-state index in [1.165, 1.54) is 0 Å². The molecule has 2 aliphatic carbocycles. The van der Waals surface area contributed by atoms with Crippen LogP contribution >= 0.6 is 0 Å². The summed E-state index contributed by atoms with van der Waals surface area (Å²) in [7, 11) is 0. The lowest BCUT2D eigenvalue weighted by Gasteiger charge is -2.39. The minimum Gasteiger partial charge on any atom is -0.391 e. The lowest BCUT2D eigenvalue weighted by molar-refractivity contribution is -0.00544. The third kappa shape index (κ3) is 0.954. The van der Waals surface area contributed by atoms with Crippen molar-refractivity contribution in [3.05, 3.63) is 0 Å². The predicted molar refractivity (Wildman–Crippen MR) is 40.6 cm³/mol. The van der Waals surface area contributed by atoms with Crippen LogP contribution in [0.3, 0.4) is 0 Å². The highest BCUT2D eigenvalue weighted by Crippen LogP contribution is 2.50. The van der Waals surface area contributed by atoms with Crippen LogP contribution < -0.4 is 0 Å². The summed E-state index contributed by atoms with van der Waals surface area (Å²) < 4.78 is 0. The molecule has 11 heavy (non-hydrogen) atoms. The molecule has 2 heteroatoms. The molecular weight excluding hydrogens is 138 g/mol. The van der Waals surface area contributed by atoms with Gasteiger partial charge in [-0.05, 0) is 31.6 Å². The Bertz CT molecular complexity index is 198. The van der Waals surface area contributed by atoms with Crippen LogP contribution in [0.15, 0.2) is 0 Å². The number of rotatable bonds is 2. The maximum absolute atomic E-state index is 9.74. The Labute approximate surface area is 66.8 Å². The molecule has 2 aliphatic rings. The first-order valence-corrected chi connectivity index (χ1v) is 4.38. The van der Waals surface area contributed by atoms with Gasteiger partial charge in [0, 0.05) is 0 Å². The van der Waals surface area contributed by atoms with Crippen molar-refractivity contribution in [2.75, 3.05) is 0 Å². The standard InChI is InChI=1S/C9H13NO/c10-6-9(4-1-5-9)8(11)7-2-3-7/h7-8,11H,1-5H2. The first-order valence-electron chi connectivity index (χ1n) is 4.38. The summed E-state index contributed by atoms with van der Waals surface area (Å²) in [5.41, 5.74) is -0.332. The maximum Gasteiger partial charge on any atom is 0.0835 e. The van der Waals surface area contributed by atoms with E-state index in [4.69, 9.17) is 5.26 Å². The lowest BCUT2D eigenvalue weighted by Crippen LogP contribution is -2.41. The van der Waals surface area contributed by atoms with Crippen LogP contribution in [0.25, 0.3) is 0 Å². The van der Waals surface area contributed by atoms with E-state index in [0.717, 1.165) is 32.1 Å². The lowest BCUT2D eigenvalue weighted by atomic mass is 9.65. The van der Waals surface area contributed by atoms with Gasteiger partial charge in [-0.3, -0.25) is 0 Å². The van der Waals surface area contributed by atoms with Crippen molar-refractivity contribution in [3.63, 3.8) is 0 Å². The fourth-order valence-corrected chi connectivity index (χ4v) is 1.89. The van der Waals surface area contributed by atoms with Crippen molar-refractivity contribution >= 4 is 0 Å². The third-order valence-corrected chi connectivity index (χ3v) is 3.10. The van der Waals surface area contributed by atoms with E-state index in [-0.39, 0.29) is 11.5 Å². The number of hydrogen-bond donors (Lipinski definition) is 1. The summed E-state index contributed by atoms with van der Waals surface area (Å²) in [6, 6.07) is 2.29. The second-order valence-electron chi connectivity index (χ2n) is 3.90. The summed E-state index contributed by atoms with van der Waals surface area (Å²) in [6.07, 6.45) is 4.90. The largest absolute Gasteiger partial charge is 0.391 e. The van der Waals surface area contributed by atoms with E-state index in [2.05, 4.69) is 6.07 Å². The van der Waals surface area contributed by atoms with E-state index < -0.39 is 0 Å². The zero-order valence-corrected chi connectivity index (χ0v) is 6.58. The highest BCUT2D eigenvalue weighted by molar-refractivity contribution is 5.11. The van der Waals surface area contributed by atoms with Crippen molar-refractivity contribution < 1.29 is 5.11 Å². The van der Waals surface area contributed by atoms with Gasteiger partial charge < -0.3 is 5.11 Å². The van der Waals surface area contributed by atoms with Crippen LogP contribution in [0.5, 0.6) is 0 Å². The van der Waals surface area contributed by atoms with Crippen molar-refractivity contribution in [2.45, 2.75) is 38.2 Å². The second-order valence-corrected chi connectivity index (χ2v) is 3.90. The second kappa shape index (κ2) is 2.22. The Balaban J connectivity index is 2.05. The molecular formula is C9H13NO. The zero-order chi connectivity index (χ0) is 7.90. The molecule has 2 fully saturated rings. The topological polar surface area (TPSA) is 44.0 Å². The summed E-state index contributed by atoms with van der Waals surface area (Å²) in [5, 5.41) is 18.6. The third-order valence-electron chi connectivity index (χ3n) is 3.10. The van der Waals surface area contributed by atoms with Crippen LogP contribution in [-0.4, -0.2) is 11.2 Å². The molecule has 0 aromatic heterocycles. The minimum absolute atomic E-state index is 0.318. The molecule has 0 radical (unpaired) electrons. The molecule has 1 N–H and O–H groups in total. The van der Waals surface area contributed by atoms with Crippen molar-refractivity contribution in [1.82, 2.24) is 0 Å². The van der Waals surface area contributed by atoms with Crippen LogP contribution in [0, 0.1) is 22.7 Å². The average Bonchev–Trinajstić information content (AvgIpc) is 2.66. The summed E-state index contributed by atoms with van der Waals surface area (Å²) in [6.45, 7) is 0. The highest BCUT2D eigenvalue weighted by atomic mass is 16.3. The van der Waals surface area contributed by atoms with Crippen LogP contribution in [0.1, 0.15) is 32.1 Å². The van der Waals surface area contributed by atoms with Gasteiger partial charge in [-0.2, -0.15) is 5.26 Å². The zero-order valence-electron chi connectivity index (χ0n) is 6.58.